The molecule has 118 valence electrons. The molecule has 4 heteroatoms. The van der Waals surface area contributed by atoms with E-state index in [2.05, 4.69) is 30.4 Å². The molecule has 0 fully saturated rings. The van der Waals surface area contributed by atoms with Gasteiger partial charge in [0, 0.05) is 11.3 Å². The Kier molecular flexibility index (Phi) is 5.51. The third-order valence-corrected chi connectivity index (χ3v) is 4.12. The summed E-state index contributed by atoms with van der Waals surface area (Å²) in [6.45, 7) is 4.79. The van der Waals surface area contributed by atoms with Crippen molar-refractivity contribution in [2.24, 2.45) is 0 Å². The summed E-state index contributed by atoms with van der Waals surface area (Å²) >= 11 is 0. The molecule has 0 aliphatic heterocycles. The van der Waals surface area contributed by atoms with Gasteiger partial charge in [0.25, 0.3) is 5.91 Å². The van der Waals surface area contributed by atoms with Crippen molar-refractivity contribution in [3.63, 3.8) is 0 Å². The summed E-state index contributed by atoms with van der Waals surface area (Å²) in [4.78, 5) is 13.5. The van der Waals surface area contributed by atoms with Gasteiger partial charge in [-0.05, 0) is 37.6 Å². The number of quaternary nitrogens is 1. The molecular formula is C19H22N3O+. The van der Waals surface area contributed by atoms with Gasteiger partial charge in [-0.2, -0.15) is 5.26 Å². The number of benzene rings is 2. The van der Waals surface area contributed by atoms with E-state index in [1.54, 1.807) is 24.3 Å². The van der Waals surface area contributed by atoms with Crippen molar-refractivity contribution in [1.82, 2.24) is 0 Å². The Bertz CT molecular complexity index is 733. The first-order valence-corrected chi connectivity index (χ1v) is 7.69. The van der Waals surface area contributed by atoms with Gasteiger partial charge in [0.05, 0.1) is 18.7 Å². The van der Waals surface area contributed by atoms with Crippen LogP contribution >= 0.6 is 0 Å². The Labute approximate surface area is 137 Å². The molecule has 0 saturated heterocycles. The third-order valence-electron chi connectivity index (χ3n) is 4.12. The van der Waals surface area contributed by atoms with Crippen LogP contribution in [0.3, 0.4) is 0 Å². The highest BCUT2D eigenvalue weighted by atomic mass is 16.2. The van der Waals surface area contributed by atoms with Crippen LogP contribution in [0.2, 0.25) is 0 Å². The maximum absolute atomic E-state index is 12.4. The number of carbonyl (C=O) groups is 1. The highest BCUT2D eigenvalue weighted by Gasteiger charge is 2.22. The van der Waals surface area contributed by atoms with Crippen molar-refractivity contribution in [3.05, 3.63) is 65.2 Å². The lowest BCUT2D eigenvalue weighted by molar-refractivity contribution is -0.907. The summed E-state index contributed by atoms with van der Waals surface area (Å²) in [5.74, 6) is -0.0498. The van der Waals surface area contributed by atoms with Gasteiger partial charge >= 0.3 is 0 Å². The van der Waals surface area contributed by atoms with Crippen LogP contribution in [0.15, 0.2) is 48.5 Å². The Hall–Kier alpha value is -2.64. The first kappa shape index (κ1) is 16.7. The zero-order valence-corrected chi connectivity index (χ0v) is 13.8. The predicted molar refractivity (Wildman–Crippen MR) is 91.0 cm³/mol. The fourth-order valence-electron chi connectivity index (χ4n) is 2.40. The van der Waals surface area contributed by atoms with Gasteiger partial charge in [0.1, 0.15) is 6.54 Å². The van der Waals surface area contributed by atoms with Crippen molar-refractivity contribution < 1.29 is 9.69 Å². The summed E-state index contributed by atoms with van der Waals surface area (Å²) in [7, 11) is 2.02. The van der Waals surface area contributed by atoms with Crippen LogP contribution in [0, 0.1) is 18.3 Å². The van der Waals surface area contributed by atoms with Crippen LogP contribution in [0.5, 0.6) is 0 Å². The van der Waals surface area contributed by atoms with Gasteiger partial charge in [-0.25, -0.2) is 0 Å². The minimum Gasteiger partial charge on any atom is -0.324 e. The molecule has 0 heterocycles. The van der Waals surface area contributed by atoms with E-state index in [0.717, 1.165) is 11.4 Å². The number of anilines is 1. The molecule has 2 aromatic carbocycles. The number of rotatable bonds is 5. The Morgan fingerprint density at radius 2 is 2.00 bits per heavy atom. The minimum atomic E-state index is -0.194. The topological polar surface area (TPSA) is 57.3 Å². The molecule has 0 aromatic heterocycles. The van der Waals surface area contributed by atoms with Gasteiger partial charge in [-0.3, -0.25) is 4.79 Å². The highest BCUT2D eigenvalue weighted by Crippen LogP contribution is 2.10. The zero-order valence-electron chi connectivity index (χ0n) is 13.8. The number of carbonyl (C=O) groups excluding carboxylic acids is 1. The maximum atomic E-state index is 12.4. The standard InChI is InChI=1S/C19H21N3O/c1-14-7-4-5-9-17(14)13-22(3)15(2)19(23)21-18-10-6-8-16(11-18)12-20/h4-11,15H,13H2,1-3H3,(H,21,23)/p+1/t15-/m1/s1. The Morgan fingerprint density at radius 3 is 2.70 bits per heavy atom. The van der Waals surface area contributed by atoms with Crippen LogP contribution in [0.4, 0.5) is 5.69 Å². The average Bonchev–Trinajstić information content (AvgIpc) is 2.56. The zero-order chi connectivity index (χ0) is 16.8. The molecule has 2 aromatic rings. The van der Waals surface area contributed by atoms with Gasteiger partial charge in [-0.1, -0.05) is 30.3 Å². The molecule has 23 heavy (non-hydrogen) atoms. The Balaban J connectivity index is 2.01. The summed E-state index contributed by atoms with van der Waals surface area (Å²) in [5.41, 5.74) is 3.68. The Morgan fingerprint density at radius 1 is 1.26 bits per heavy atom. The van der Waals surface area contributed by atoms with Crippen molar-refractivity contribution in [2.45, 2.75) is 26.4 Å². The predicted octanol–water partition coefficient (Wildman–Crippen LogP) is 1.91. The molecule has 2 atom stereocenters. The fourth-order valence-corrected chi connectivity index (χ4v) is 2.40. The van der Waals surface area contributed by atoms with E-state index in [0.29, 0.717) is 11.3 Å². The monoisotopic (exact) mass is 308 g/mol. The summed E-state index contributed by atoms with van der Waals surface area (Å²) in [6.07, 6.45) is 0. The van der Waals surface area contributed by atoms with Gasteiger partial charge in [0.2, 0.25) is 0 Å². The second-order valence-electron chi connectivity index (χ2n) is 5.85. The van der Waals surface area contributed by atoms with Gasteiger partial charge in [-0.15, -0.1) is 0 Å². The molecule has 0 saturated carbocycles. The number of nitrogens with zero attached hydrogens (tertiary/aromatic N) is 1. The molecule has 4 nitrogen and oxygen atoms in total. The van der Waals surface area contributed by atoms with Crippen molar-refractivity contribution in [1.29, 1.82) is 5.26 Å². The molecular weight excluding hydrogens is 286 g/mol. The van der Waals surface area contributed by atoms with E-state index in [4.69, 9.17) is 5.26 Å². The van der Waals surface area contributed by atoms with E-state index in [1.807, 2.05) is 26.1 Å². The second-order valence-corrected chi connectivity index (χ2v) is 5.85. The van der Waals surface area contributed by atoms with Crippen LogP contribution in [0.25, 0.3) is 0 Å². The largest absolute Gasteiger partial charge is 0.324 e. The molecule has 0 radical (unpaired) electrons. The molecule has 2 N–H and O–H groups in total. The molecule has 0 spiro atoms. The van der Waals surface area contributed by atoms with E-state index in [1.165, 1.54) is 11.1 Å². The summed E-state index contributed by atoms with van der Waals surface area (Å²) in [6, 6.07) is 17.1. The first-order chi connectivity index (χ1) is 11.0. The maximum Gasteiger partial charge on any atom is 0.282 e. The normalized spacial score (nSPS) is 13.0. The van der Waals surface area contributed by atoms with Crippen molar-refractivity contribution in [2.75, 3.05) is 12.4 Å². The van der Waals surface area contributed by atoms with Crippen LogP contribution in [0.1, 0.15) is 23.6 Å². The molecule has 1 amide bonds. The van der Waals surface area contributed by atoms with Crippen molar-refractivity contribution >= 4 is 11.6 Å². The number of likely N-dealkylation sites (N-methyl/N-ethyl adjacent to an activating group) is 1. The van der Waals surface area contributed by atoms with E-state index in [9.17, 15) is 4.79 Å². The van der Waals surface area contributed by atoms with Crippen molar-refractivity contribution in [3.8, 4) is 6.07 Å². The quantitative estimate of drug-likeness (QED) is 0.886. The second kappa shape index (κ2) is 7.57. The lowest BCUT2D eigenvalue weighted by Gasteiger charge is -2.22. The van der Waals surface area contributed by atoms with E-state index >= 15 is 0 Å². The number of nitriles is 1. The number of aryl methyl sites for hydroxylation is 1. The summed E-state index contributed by atoms with van der Waals surface area (Å²) in [5, 5.41) is 11.8. The number of amides is 1. The average molecular weight is 308 g/mol. The van der Waals surface area contributed by atoms with Gasteiger partial charge in [0.15, 0.2) is 6.04 Å². The fraction of sp³-hybridized carbons (Fsp3) is 0.263. The van der Waals surface area contributed by atoms with Crippen LogP contribution in [-0.4, -0.2) is 19.0 Å². The summed E-state index contributed by atoms with van der Waals surface area (Å²) < 4.78 is 0. The molecule has 2 rings (SSSR count). The van der Waals surface area contributed by atoms with Gasteiger partial charge < -0.3 is 10.2 Å². The SMILES string of the molecule is Cc1ccccc1C[NH+](C)[C@H](C)C(=O)Nc1cccc(C#N)c1. The van der Waals surface area contributed by atoms with E-state index < -0.39 is 0 Å². The molecule has 0 aliphatic rings. The number of hydrogen-bond donors (Lipinski definition) is 2. The molecule has 0 aliphatic carbocycles. The lowest BCUT2D eigenvalue weighted by atomic mass is 10.1. The molecule has 1 unspecified atom stereocenters. The smallest absolute Gasteiger partial charge is 0.282 e. The highest BCUT2D eigenvalue weighted by molar-refractivity contribution is 5.93. The van der Waals surface area contributed by atoms with Crippen LogP contribution < -0.4 is 10.2 Å². The first-order valence-electron chi connectivity index (χ1n) is 7.69. The third kappa shape index (κ3) is 4.41. The molecule has 0 bridgehead atoms. The number of nitrogens with one attached hydrogen (secondary N) is 2. The van der Waals surface area contributed by atoms with Crippen LogP contribution in [-0.2, 0) is 11.3 Å². The lowest BCUT2D eigenvalue weighted by Crippen LogP contribution is -3.12. The number of hydrogen-bond acceptors (Lipinski definition) is 2. The van der Waals surface area contributed by atoms with E-state index in [-0.39, 0.29) is 11.9 Å². The minimum absolute atomic E-state index is 0.0498.